The van der Waals surface area contributed by atoms with E-state index < -0.39 is 17.6 Å². The maximum absolute atomic E-state index is 10.3. The van der Waals surface area contributed by atoms with Crippen LogP contribution in [0.1, 0.15) is 40.0 Å². The van der Waals surface area contributed by atoms with Gasteiger partial charge in [-0.05, 0) is 54.7 Å². The predicted octanol–water partition coefficient (Wildman–Crippen LogP) is 1.98. The van der Waals surface area contributed by atoms with Gasteiger partial charge in [-0.15, -0.1) is 0 Å². The van der Waals surface area contributed by atoms with Crippen molar-refractivity contribution in [3.63, 3.8) is 0 Å². The summed E-state index contributed by atoms with van der Waals surface area (Å²) in [5.74, 6) is -2.13. The quantitative estimate of drug-likeness (QED) is 0.619. The summed E-state index contributed by atoms with van der Waals surface area (Å²) in [4.78, 5) is 20.7. The van der Waals surface area contributed by atoms with Gasteiger partial charge in [-0.25, -0.2) is 9.59 Å². The van der Waals surface area contributed by atoms with Crippen LogP contribution in [0.4, 0.5) is 0 Å². The number of carbonyl (C=O) groups is 2. The lowest BCUT2D eigenvalue weighted by molar-refractivity contribution is 0.0681. The van der Waals surface area contributed by atoms with Gasteiger partial charge in [-0.3, -0.25) is 0 Å². The van der Waals surface area contributed by atoms with Crippen molar-refractivity contribution in [2.75, 3.05) is 0 Å². The summed E-state index contributed by atoms with van der Waals surface area (Å²) in [6.07, 6.45) is 2.85. The molecule has 1 aromatic carbocycles. The van der Waals surface area contributed by atoms with E-state index >= 15 is 0 Å². The number of benzene rings is 1. The summed E-state index contributed by atoms with van der Waals surface area (Å²) in [5.41, 5.74) is 12.8. The number of hydrogen-bond donors (Lipinski definition) is 4. The molecule has 1 fully saturated rings. The Morgan fingerprint density at radius 3 is 1.68 bits per heavy atom. The Balaban J connectivity index is 0.000000224. The maximum atomic E-state index is 10.3. The van der Waals surface area contributed by atoms with E-state index in [1.165, 1.54) is 24.3 Å². The van der Waals surface area contributed by atoms with E-state index in [-0.39, 0.29) is 11.1 Å². The summed E-state index contributed by atoms with van der Waals surface area (Å²) < 4.78 is 0. The van der Waals surface area contributed by atoms with Crippen LogP contribution in [0.2, 0.25) is 0 Å². The van der Waals surface area contributed by atoms with Crippen LogP contribution in [0.25, 0.3) is 0 Å². The zero-order chi connectivity index (χ0) is 16.9. The van der Waals surface area contributed by atoms with E-state index in [1.54, 1.807) is 0 Å². The van der Waals surface area contributed by atoms with Crippen molar-refractivity contribution in [3.8, 4) is 0 Å². The van der Waals surface area contributed by atoms with Crippen molar-refractivity contribution < 1.29 is 19.8 Å². The molecule has 22 heavy (non-hydrogen) atoms. The first-order valence-electron chi connectivity index (χ1n) is 6.67. The minimum absolute atomic E-state index is 0.0833. The van der Waals surface area contributed by atoms with Gasteiger partial charge in [0, 0.05) is 0 Å². The largest absolute Gasteiger partial charge is 0.478 e. The van der Waals surface area contributed by atoms with Gasteiger partial charge in [-0.1, -0.05) is 13.2 Å². The van der Waals surface area contributed by atoms with E-state index in [0.717, 1.165) is 30.4 Å². The number of carboxylic acid groups (broad SMARTS) is 2. The molecule has 1 saturated carbocycles. The molecule has 0 bridgehead atoms. The number of carboxylic acids is 2. The molecule has 0 radical (unpaired) electrons. The predicted molar refractivity (Wildman–Crippen MR) is 83.6 cm³/mol. The zero-order valence-electron chi connectivity index (χ0n) is 12.2. The molecule has 0 atom stereocenters. The number of nitrogens with two attached hydrogens (primary N) is 2. The molecule has 1 aliphatic rings. The molecule has 0 unspecified atom stereocenters. The van der Waals surface area contributed by atoms with Gasteiger partial charge in [0.15, 0.2) is 0 Å². The Morgan fingerprint density at radius 1 is 1.00 bits per heavy atom. The first-order chi connectivity index (χ1) is 10.1. The van der Waals surface area contributed by atoms with Gasteiger partial charge < -0.3 is 21.7 Å². The molecule has 2 rings (SSSR count). The lowest BCUT2D eigenvalue weighted by Gasteiger charge is -2.32. The van der Waals surface area contributed by atoms with Gasteiger partial charge in [0.25, 0.3) is 0 Å². The highest BCUT2D eigenvalue weighted by Gasteiger charge is 2.28. The number of hydrogen-bond acceptors (Lipinski definition) is 4. The summed E-state index contributed by atoms with van der Waals surface area (Å²) in [6.45, 7) is 7.63. The van der Waals surface area contributed by atoms with Crippen molar-refractivity contribution >= 4 is 11.9 Å². The first kappa shape index (κ1) is 17.6. The number of rotatable bonds is 2. The third kappa shape index (κ3) is 4.54. The van der Waals surface area contributed by atoms with Crippen LogP contribution in [0.5, 0.6) is 0 Å². The molecule has 118 valence electrons. The minimum atomic E-state index is -1.06. The fourth-order valence-corrected chi connectivity index (χ4v) is 1.98. The van der Waals surface area contributed by atoms with Gasteiger partial charge in [0.2, 0.25) is 0 Å². The van der Waals surface area contributed by atoms with E-state index in [0.29, 0.717) is 0 Å². The molecule has 0 aromatic heterocycles. The Kier molecular flexibility index (Phi) is 5.62. The van der Waals surface area contributed by atoms with Gasteiger partial charge in [-0.2, -0.15) is 0 Å². The zero-order valence-corrected chi connectivity index (χ0v) is 12.2. The van der Waals surface area contributed by atoms with Crippen LogP contribution in [-0.4, -0.2) is 27.8 Å². The van der Waals surface area contributed by atoms with Crippen LogP contribution in [-0.2, 0) is 0 Å². The molecular weight excluding hydrogens is 284 g/mol. The van der Waals surface area contributed by atoms with Crippen molar-refractivity contribution in [3.05, 3.63) is 59.7 Å². The smallest absolute Gasteiger partial charge is 0.335 e. The van der Waals surface area contributed by atoms with Crippen molar-refractivity contribution in [1.82, 2.24) is 0 Å². The molecule has 1 aromatic rings. The lowest BCUT2D eigenvalue weighted by Crippen LogP contribution is -2.52. The average Bonchev–Trinajstić information content (AvgIpc) is 2.45. The van der Waals surface area contributed by atoms with Gasteiger partial charge in [0.05, 0.1) is 16.8 Å². The van der Waals surface area contributed by atoms with Crippen molar-refractivity contribution in [2.24, 2.45) is 11.5 Å². The highest BCUT2D eigenvalue weighted by molar-refractivity contribution is 5.91. The lowest BCUT2D eigenvalue weighted by atomic mass is 9.83. The molecule has 6 heteroatoms. The second-order valence-corrected chi connectivity index (χ2v) is 5.16. The van der Waals surface area contributed by atoms with E-state index in [4.69, 9.17) is 21.7 Å². The molecule has 0 heterocycles. The van der Waals surface area contributed by atoms with Gasteiger partial charge >= 0.3 is 11.9 Å². The van der Waals surface area contributed by atoms with Gasteiger partial charge in [0.1, 0.15) is 0 Å². The normalized spacial score (nSPS) is 16.5. The van der Waals surface area contributed by atoms with E-state index in [2.05, 4.69) is 13.2 Å². The SMILES string of the molecule is C=C1CCCC(N)(N)C1=C.O=C(O)c1ccc(C(=O)O)cc1. The van der Waals surface area contributed by atoms with Crippen LogP contribution in [0.3, 0.4) is 0 Å². The molecule has 0 aliphatic heterocycles. The Morgan fingerprint density at radius 2 is 1.41 bits per heavy atom. The van der Waals surface area contributed by atoms with Crippen LogP contribution in [0.15, 0.2) is 48.6 Å². The Bertz CT molecular complexity index is 570. The fourth-order valence-electron chi connectivity index (χ4n) is 1.98. The highest BCUT2D eigenvalue weighted by atomic mass is 16.4. The second-order valence-electron chi connectivity index (χ2n) is 5.16. The third-order valence-corrected chi connectivity index (χ3v) is 3.44. The maximum Gasteiger partial charge on any atom is 0.335 e. The second kappa shape index (κ2) is 7.02. The van der Waals surface area contributed by atoms with Crippen LogP contribution < -0.4 is 11.5 Å². The fraction of sp³-hybridized carbons (Fsp3) is 0.250. The van der Waals surface area contributed by atoms with Crippen LogP contribution >= 0.6 is 0 Å². The average molecular weight is 304 g/mol. The molecule has 6 N–H and O–H groups in total. The van der Waals surface area contributed by atoms with Crippen LogP contribution in [0, 0.1) is 0 Å². The summed E-state index contributed by atoms with van der Waals surface area (Å²) in [6, 6.07) is 5.02. The molecule has 0 amide bonds. The van der Waals surface area contributed by atoms with E-state index in [1.807, 2.05) is 0 Å². The molecule has 1 aliphatic carbocycles. The minimum Gasteiger partial charge on any atom is -0.478 e. The van der Waals surface area contributed by atoms with Crippen molar-refractivity contribution in [2.45, 2.75) is 24.9 Å². The molecule has 0 spiro atoms. The highest BCUT2D eigenvalue weighted by Crippen LogP contribution is 2.29. The first-order valence-corrected chi connectivity index (χ1v) is 6.67. The Hall–Kier alpha value is -2.44. The summed E-state index contributed by atoms with van der Waals surface area (Å²) in [7, 11) is 0. The standard InChI is InChI=1S/C8H14N2.C8H6O4/c1-6-4-3-5-8(9,10)7(6)2;9-7(10)5-1-2-6(4-3-5)8(11)12/h1-5,9-10H2;1-4H,(H,9,10)(H,11,12). The topological polar surface area (TPSA) is 127 Å². The van der Waals surface area contributed by atoms with E-state index in [9.17, 15) is 9.59 Å². The molecule has 0 saturated heterocycles. The summed E-state index contributed by atoms with van der Waals surface area (Å²) in [5, 5.41) is 16.9. The monoisotopic (exact) mass is 304 g/mol. The van der Waals surface area contributed by atoms with Crippen molar-refractivity contribution in [1.29, 1.82) is 0 Å². The molecule has 6 nitrogen and oxygen atoms in total. The number of aromatic carboxylic acids is 2. The summed E-state index contributed by atoms with van der Waals surface area (Å²) >= 11 is 0. The third-order valence-electron chi connectivity index (χ3n) is 3.44. The Labute approximate surface area is 128 Å². The molecular formula is C16H20N2O4.